The highest BCUT2D eigenvalue weighted by molar-refractivity contribution is 7.92. The lowest BCUT2D eigenvalue weighted by Crippen LogP contribution is -2.09. The Bertz CT molecular complexity index is 1280. The zero-order valence-electron chi connectivity index (χ0n) is 16.0. The fourth-order valence-electron chi connectivity index (χ4n) is 3.35. The van der Waals surface area contributed by atoms with Gasteiger partial charge in [0, 0.05) is 11.3 Å². The molecule has 29 heavy (non-hydrogen) atoms. The van der Waals surface area contributed by atoms with Crippen molar-refractivity contribution in [3.8, 4) is 22.5 Å². The third-order valence-corrected chi connectivity index (χ3v) is 5.27. The van der Waals surface area contributed by atoms with Crippen LogP contribution < -0.4 is 4.72 Å². The molecule has 0 aliphatic heterocycles. The van der Waals surface area contributed by atoms with Crippen molar-refractivity contribution in [3.05, 3.63) is 72.3 Å². The SMILES string of the molecule is CC(O)c1ccccc1-c1ccc2nc(-c3ccc(NS(C)(=O)=O)cc3)[nH]c2c1. The molecule has 0 aliphatic carbocycles. The lowest BCUT2D eigenvalue weighted by Gasteiger charge is -2.11. The number of hydrogen-bond donors (Lipinski definition) is 3. The second-order valence-electron chi connectivity index (χ2n) is 7.03. The number of sulfonamides is 1. The van der Waals surface area contributed by atoms with Crippen LogP contribution in [0.2, 0.25) is 0 Å². The van der Waals surface area contributed by atoms with Gasteiger partial charge in [-0.05, 0) is 60.0 Å². The van der Waals surface area contributed by atoms with E-state index in [9.17, 15) is 13.5 Å². The molecule has 4 rings (SSSR count). The first-order chi connectivity index (χ1) is 13.8. The molecule has 0 aliphatic rings. The molecule has 3 N–H and O–H groups in total. The summed E-state index contributed by atoms with van der Waals surface area (Å²) in [6.07, 6.45) is 0.561. The fraction of sp³-hybridized carbons (Fsp3) is 0.136. The second kappa shape index (κ2) is 7.35. The van der Waals surface area contributed by atoms with Crippen LogP contribution in [-0.4, -0.2) is 29.7 Å². The van der Waals surface area contributed by atoms with Crippen LogP contribution in [0, 0.1) is 0 Å². The van der Waals surface area contributed by atoms with Crippen molar-refractivity contribution in [2.75, 3.05) is 11.0 Å². The van der Waals surface area contributed by atoms with Crippen LogP contribution in [0.1, 0.15) is 18.6 Å². The van der Waals surface area contributed by atoms with Gasteiger partial charge in [0.2, 0.25) is 10.0 Å². The predicted molar refractivity (Wildman–Crippen MR) is 116 cm³/mol. The summed E-state index contributed by atoms with van der Waals surface area (Å²) in [7, 11) is -3.31. The Morgan fingerprint density at radius 2 is 1.69 bits per heavy atom. The number of aromatic nitrogens is 2. The van der Waals surface area contributed by atoms with E-state index >= 15 is 0 Å². The minimum Gasteiger partial charge on any atom is -0.389 e. The van der Waals surface area contributed by atoms with Crippen LogP contribution in [-0.2, 0) is 10.0 Å². The number of hydrogen-bond acceptors (Lipinski definition) is 4. The first kappa shape index (κ1) is 19.2. The number of nitrogens with zero attached hydrogens (tertiary/aromatic N) is 1. The molecule has 0 saturated heterocycles. The van der Waals surface area contributed by atoms with Crippen molar-refractivity contribution in [2.24, 2.45) is 0 Å². The fourth-order valence-corrected chi connectivity index (χ4v) is 3.91. The zero-order chi connectivity index (χ0) is 20.6. The van der Waals surface area contributed by atoms with Gasteiger partial charge in [-0.15, -0.1) is 0 Å². The van der Waals surface area contributed by atoms with Crippen molar-refractivity contribution < 1.29 is 13.5 Å². The molecule has 7 heteroatoms. The standard InChI is InChI=1S/C22H21N3O3S/c1-14(26)18-5-3-4-6-19(18)16-9-12-20-21(13-16)24-22(23-20)15-7-10-17(11-8-15)25-29(2,27)28/h3-14,25-26H,1-2H3,(H,23,24). The quantitative estimate of drug-likeness (QED) is 0.459. The molecule has 6 nitrogen and oxygen atoms in total. The summed E-state index contributed by atoms with van der Waals surface area (Å²) in [4.78, 5) is 7.96. The highest BCUT2D eigenvalue weighted by atomic mass is 32.2. The monoisotopic (exact) mass is 407 g/mol. The molecule has 0 bridgehead atoms. The van der Waals surface area contributed by atoms with Crippen LogP contribution in [0.25, 0.3) is 33.5 Å². The van der Waals surface area contributed by atoms with Crippen LogP contribution in [0.5, 0.6) is 0 Å². The molecule has 0 fully saturated rings. The maximum atomic E-state index is 11.3. The first-order valence-electron chi connectivity index (χ1n) is 9.15. The third-order valence-electron chi connectivity index (χ3n) is 4.67. The first-order valence-corrected chi connectivity index (χ1v) is 11.0. The van der Waals surface area contributed by atoms with Crippen LogP contribution in [0.3, 0.4) is 0 Å². The summed E-state index contributed by atoms with van der Waals surface area (Å²) in [6, 6.07) is 20.8. The number of H-pyrrole nitrogens is 1. The number of aliphatic hydroxyl groups is 1. The summed E-state index contributed by atoms with van der Waals surface area (Å²) in [5, 5.41) is 10.1. The van der Waals surface area contributed by atoms with Gasteiger partial charge in [-0.2, -0.15) is 0 Å². The third kappa shape index (κ3) is 4.16. The van der Waals surface area contributed by atoms with E-state index in [0.717, 1.165) is 39.5 Å². The van der Waals surface area contributed by atoms with Gasteiger partial charge in [-0.1, -0.05) is 30.3 Å². The molecule has 0 radical (unpaired) electrons. The normalized spacial score (nSPS) is 12.8. The van der Waals surface area contributed by atoms with Crippen LogP contribution >= 0.6 is 0 Å². The highest BCUT2D eigenvalue weighted by Crippen LogP contribution is 2.31. The van der Waals surface area contributed by atoms with Gasteiger partial charge in [0.1, 0.15) is 5.82 Å². The van der Waals surface area contributed by atoms with E-state index in [1.165, 1.54) is 0 Å². The average Bonchev–Trinajstić information content (AvgIpc) is 3.10. The van der Waals surface area contributed by atoms with Crippen molar-refractivity contribution in [1.29, 1.82) is 0 Å². The molecule has 148 valence electrons. The Morgan fingerprint density at radius 1 is 1.00 bits per heavy atom. The number of nitrogens with one attached hydrogen (secondary N) is 2. The molecule has 4 aromatic rings. The second-order valence-corrected chi connectivity index (χ2v) is 8.78. The summed E-state index contributed by atoms with van der Waals surface area (Å²) in [6.45, 7) is 1.76. The summed E-state index contributed by atoms with van der Waals surface area (Å²) >= 11 is 0. The number of aromatic amines is 1. The van der Waals surface area contributed by atoms with E-state index in [1.54, 1.807) is 19.1 Å². The Balaban J connectivity index is 1.69. The lowest BCUT2D eigenvalue weighted by molar-refractivity contribution is 0.200. The van der Waals surface area contributed by atoms with E-state index in [-0.39, 0.29) is 0 Å². The Morgan fingerprint density at radius 3 is 2.38 bits per heavy atom. The number of anilines is 1. The van der Waals surface area contributed by atoms with E-state index in [4.69, 9.17) is 0 Å². The summed E-state index contributed by atoms with van der Waals surface area (Å²) in [5.74, 6) is 0.701. The van der Waals surface area contributed by atoms with Crippen LogP contribution in [0.15, 0.2) is 66.7 Å². The van der Waals surface area contributed by atoms with Gasteiger partial charge >= 0.3 is 0 Å². The van der Waals surface area contributed by atoms with Gasteiger partial charge in [0.15, 0.2) is 0 Å². The molecule has 1 heterocycles. The Labute approximate surface area is 169 Å². The Hall–Kier alpha value is -3.16. The number of imidazole rings is 1. The lowest BCUT2D eigenvalue weighted by atomic mass is 9.96. The van der Waals surface area contributed by atoms with Gasteiger partial charge in [-0.3, -0.25) is 4.72 Å². The largest absolute Gasteiger partial charge is 0.389 e. The zero-order valence-corrected chi connectivity index (χ0v) is 16.9. The molecule has 0 amide bonds. The van der Waals surface area contributed by atoms with E-state index in [2.05, 4.69) is 14.7 Å². The number of benzene rings is 3. The van der Waals surface area contributed by atoms with Crippen molar-refractivity contribution in [2.45, 2.75) is 13.0 Å². The smallest absolute Gasteiger partial charge is 0.229 e. The molecular formula is C22H21N3O3S. The van der Waals surface area contributed by atoms with Crippen molar-refractivity contribution >= 4 is 26.7 Å². The molecule has 3 aromatic carbocycles. The molecule has 1 unspecified atom stereocenters. The van der Waals surface area contributed by atoms with Gasteiger partial charge in [0.05, 0.1) is 23.4 Å². The van der Waals surface area contributed by atoms with Crippen molar-refractivity contribution in [3.63, 3.8) is 0 Å². The molecule has 0 saturated carbocycles. The minimum absolute atomic E-state index is 0.504. The molecule has 1 atom stereocenters. The minimum atomic E-state index is -3.31. The van der Waals surface area contributed by atoms with Crippen molar-refractivity contribution in [1.82, 2.24) is 9.97 Å². The summed E-state index contributed by atoms with van der Waals surface area (Å²) in [5.41, 5.74) is 5.93. The molecule has 0 spiro atoms. The summed E-state index contributed by atoms with van der Waals surface area (Å²) < 4.78 is 25.1. The van der Waals surface area contributed by atoms with E-state index < -0.39 is 16.1 Å². The van der Waals surface area contributed by atoms with Crippen LogP contribution in [0.4, 0.5) is 5.69 Å². The van der Waals surface area contributed by atoms with Gasteiger partial charge in [-0.25, -0.2) is 13.4 Å². The number of rotatable bonds is 5. The number of aliphatic hydroxyl groups excluding tert-OH is 1. The van der Waals surface area contributed by atoms with E-state index in [1.807, 2.05) is 54.6 Å². The molecular weight excluding hydrogens is 386 g/mol. The predicted octanol–water partition coefficient (Wildman–Crippen LogP) is 4.32. The molecule has 1 aromatic heterocycles. The maximum absolute atomic E-state index is 11.3. The number of fused-ring (bicyclic) bond motifs is 1. The topological polar surface area (TPSA) is 95.1 Å². The maximum Gasteiger partial charge on any atom is 0.229 e. The Kier molecular flexibility index (Phi) is 4.86. The average molecular weight is 407 g/mol. The van der Waals surface area contributed by atoms with Gasteiger partial charge < -0.3 is 10.1 Å². The highest BCUT2D eigenvalue weighted by Gasteiger charge is 2.12. The van der Waals surface area contributed by atoms with Gasteiger partial charge in [0.25, 0.3) is 0 Å². The van der Waals surface area contributed by atoms with E-state index in [0.29, 0.717) is 11.5 Å².